The number of nitrogens with zero attached hydrogens (tertiary/aromatic N) is 3. The molecule has 0 amide bonds. The summed E-state index contributed by atoms with van der Waals surface area (Å²) in [5, 5.41) is 13.9. The van der Waals surface area contributed by atoms with E-state index < -0.39 is 0 Å². The Morgan fingerprint density at radius 3 is 2.95 bits per heavy atom. The zero-order valence-corrected chi connectivity index (χ0v) is 11.9. The molecule has 0 unspecified atom stereocenters. The van der Waals surface area contributed by atoms with Crippen LogP contribution in [0, 0.1) is 11.3 Å². The van der Waals surface area contributed by atoms with Crippen LogP contribution < -0.4 is 5.32 Å². The summed E-state index contributed by atoms with van der Waals surface area (Å²) in [5.74, 6) is 0.867. The molecular weight excluding hydrogens is 256 g/mol. The van der Waals surface area contributed by atoms with Crippen molar-refractivity contribution < 1.29 is 0 Å². The van der Waals surface area contributed by atoms with Gasteiger partial charge in [0.05, 0.1) is 12.1 Å². The SMILES string of the molecule is CN(C)Cc1ccnc(NCc2cc(C#N)cs2)c1. The molecule has 5 heteroatoms. The summed E-state index contributed by atoms with van der Waals surface area (Å²) in [7, 11) is 4.09. The van der Waals surface area contributed by atoms with E-state index in [9.17, 15) is 0 Å². The zero-order chi connectivity index (χ0) is 13.7. The summed E-state index contributed by atoms with van der Waals surface area (Å²) < 4.78 is 0. The standard InChI is InChI=1S/C14H16N4S/c1-18(2)9-11-3-4-16-14(6-11)17-8-13-5-12(7-15)10-19-13/h3-6,10H,8-9H2,1-2H3,(H,16,17). The van der Waals surface area contributed by atoms with Crippen LogP contribution in [0.4, 0.5) is 5.82 Å². The predicted octanol–water partition coefficient (Wildman–Crippen LogP) is 2.69. The lowest BCUT2D eigenvalue weighted by Gasteiger charge is -2.11. The predicted molar refractivity (Wildman–Crippen MR) is 78.0 cm³/mol. The molecule has 19 heavy (non-hydrogen) atoms. The van der Waals surface area contributed by atoms with Crippen molar-refractivity contribution in [2.24, 2.45) is 0 Å². The molecule has 0 spiro atoms. The quantitative estimate of drug-likeness (QED) is 0.909. The molecule has 4 nitrogen and oxygen atoms in total. The third-order valence-corrected chi connectivity index (χ3v) is 3.49. The van der Waals surface area contributed by atoms with Crippen LogP contribution >= 0.6 is 11.3 Å². The van der Waals surface area contributed by atoms with Gasteiger partial charge in [-0.25, -0.2) is 4.98 Å². The second-order valence-electron chi connectivity index (χ2n) is 4.55. The summed E-state index contributed by atoms with van der Waals surface area (Å²) in [4.78, 5) is 7.56. The average Bonchev–Trinajstić information content (AvgIpc) is 2.84. The second kappa shape index (κ2) is 6.32. The van der Waals surface area contributed by atoms with Gasteiger partial charge in [-0.15, -0.1) is 11.3 Å². The summed E-state index contributed by atoms with van der Waals surface area (Å²) >= 11 is 1.59. The summed E-state index contributed by atoms with van der Waals surface area (Å²) in [6, 6.07) is 8.11. The number of nitrogens with one attached hydrogen (secondary N) is 1. The first-order chi connectivity index (χ1) is 9.17. The van der Waals surface area contributed by atoms with Gasteiger partial charge in [0.2, 0.25) is 0 Å². The lowest BCUT2D eigenvalue weighted by molar-refractivity contribution is 0.402. The largest absolute Gasteiger partial charge is 0.365 e. The number of hydrogen-bond acceptors (Lipinski definition) is 5. The Labute approximate surface area is 117 Å². The molecule has 0 fully saturated rings. The molecule has 0 bridgehead atoms. The van der Waals surface area contributed by atoms with Crippen molar-refractivity contribution in [2.75, 3.05) is 19.4 Å². The normalized spacial score (nSPS) is 10.4. The molecule has 0 radical (unpaired) electrons. The van der Waals surface area contributed by atoms with E-state index in [1.54, 1.807) is 11.3 Å². The highest BCUT2D eigenvalue weighted by Gasteiger charge is 2.01. The fraction of sp³-hybridized carbons (Fsp3) is 0.286. The Hall–Kier alpha value is -1.90. The number of thiophene rings is 1. The minimum absolute atomic E-state index is 0.699. The topological polar surface area (TPSA) is 52.0 Å². The van der Waals surface area contributed by atoms with Crippen LogP contribution in [-0.2, 0) is 13.1 Å². The van der Waals surface area contributed by atoms with Crippen molar-refractivity contribution in [1.82, 2.24) is 9.88 Å². The highest BCUT2D eigenvalue weighted by atomic mass is 32.1. The van der Waals surface area contributed by atoms with Crippen LogP contribution in [-0.4, -0.2) is 24.0 Å². The Bertz CT molecular complexity index is 583. The molecule has 2 heterocycles. The first-order valence-electron chi connectivity index (χ1n) is 5.98. The van der Waals surface area contributed by atoms with Gasteiger partial charge in [0, 0.05) is 23.0 Å². The van der Waals surface area contributed by atoms with Crippen molar-refractivity contribution in [3.63, 3.8) is 0 Å². The van der Waals surface area contributed by atoms with Gasteiger partial charge in [0.1, 0.15) is 11.9 Å². The molecule has 0 saturated heterocycles. The molecule has 0 aromatic carbocycles. The summed E-state index contributed by atoms with van der Waals surface area (Å²) in [6.07, 6.45) is 1.82. The molecular formula is C14H16N4S. The van der Waals surface area contributed by atoms with E-state index in [1.807, 2.05) is 37.8 Å². The Morgan fingerprint density at radius 1 is 1.42 bits per heavy atom. The van der Waals surface area contributed by atoms with E-state index in [-0.39, 0.29) is 0 Å². The molecule has 2 rings (SSSR count). The second-order valence-corrected chi connectivity index (χ2v) is 5.55. The number of aromatic nitrogens is 1. The van der Waals surface area contributed by atoms with Gasteiger partial charge < -0.3 is 10.2 Å². The van der Waals surface area contributed by atoms with E-state index in [4.69, 9.17) is 5.26 Å². The highest BCUT2D eigenvalue weighted by Crippen LogP contribution is 2.16. The van der Waals surface area contributed by atoms with Crippen LogP contribution in [0.1, 0.15) is 16.0 Å². The molecule has 2 aromatic heterocycles. The maximum absolute atomic E-state index is 8.78. The first kappa shape index (κ1) is 13.5. The van der Waals surface area contributed by atoms with Crippen molar-refractivity contribution in [2.45, 2.75) is 13.1 Å². The molecule has 0 atom stereocenters. The van der Waals surface area contributed by atoms with E-state index in [0.29, 0.717) is 6.54 Å². The van der Waals surface area contributed by atoms with Crippen LogP contribution in [0.3, 0.4) is 0 Å². The number of pyridine rings is 1. The number of anilines is 1. The van der Waals surface area contributed by atoms with Gasteiger partial charge in [0.25, 0.3) is 0 Å². The van der Waals surface area contributed by atoms with Crippen molar-refractivity contribution in [1.29, 1.82) is 5.26 Å². The molecule has 0 saturated carbocycles. The monoisotopic (exact) mass is 272 g/mol. The van der Waals surface area contributed by atoms with E-state index in [1.165, 1.54) is 5.56 Å². The highest BCUT2D eigenvalue weighted by molar-refractivity contribution is 7.10. The van der Waals surface area contributed by atoms with Crippen LogP contribution in [0.2, 0.25) is 0 Å². The molecule has 0 aliphatic carbocycles. The fourth-order valence-corrected chi connectivity index (χ4v) is 2.49. The van der Waals surface area contributed by atoms with Gasteiger partial charge in [-0.05, 0) is 37.9 Å². The van der Waals surface area contributed by atoms with Crippen molar-refractivity contribution in [3.05, 3.63) is 45.8 Å². The Morgan fingerprint density at radius 2 is 2.26 bits per heavy atom. The van der Waals surface area contributed by atoms with Crippen LogP contribution in [0.25, 0.3) is 0 Å². The van der Waals surface area contributed by atoms with Gasteiger partial charge in [-0.1, -0.05) is 0 Å². The molecule has 0 aliphatic heterocycles. The molecule has 1 N–H and O–H groups in total. The summed E-state index contributed by atoms with van der Waals surface area (Å²) in [6.45, 7) is 1.60. The number of rotatable bonds is 5. The maximum Gasteiger partial charge on any atom is 0.126 e. The minimum Gasteiger partial charge on any atom is -0.365 e. The zero-order valence-electron chi connectivity index (χ0n) is 11.1. The first-order valence-corrected chi connectivity index (χ1v) is 6.86. The van der Waals surface area contributed by atoms with E-state index in [2.05, 4.69) is 27.3 Å². The Balaban J connectivity index is 1.97. The average molecular weight is 272 g/mol. The maximum atomic E-state index is 8.78. The van der Waals surface area contributed by atoms with Crippen molar-refractivity contribution in [3.8, 4) is 6.07 Å². The smallest absolute Gasteiger partial charge is 0.126 e. The third-order valence-electron chi connectivity index (χ3n) is 2.55. The van der Waals surface area contributed by atoms with Gasteiger partial charge in [0.15, 0.2) is 0 Å². The molecule has 98 valence electrons. The fourth-order valence-electron chi connectivity index (χ4n) is 1.74. The Kier molecular flexibility index (Phi) is 4.50. The van der Waals surface area contributed by atoms with E-state index in [0.717, 1.165) is 22.8 Å². The lowest BCUT2D eigenvalue weighted by atomic mass is 10.2. The van der Waals surface area contributed by atoms with Crippen molar-refractivity contribution >= 4 is 17.2 Å². The van der Waals surface area contributed by atoms with Crippen LogP contribution in [0.5, 0.6) is 0 Å². The van der Waals surface area contributed by atoms with E-state index >= 15 is 0 Å². The number of nitriles is 1. The molecule has 0 aliphatic rings. The minimum atomic E-state index is 0.699. The third kappa shape index (κ3) is 4.05. The summed E-state index contributed by atoms with van der Waals surface area (Å²) in [5.41, 5.74) is 1.95. The number of hydrogen-bond donors (Lipinski definition) is 1. The van der Waals surface area contributed by atoms with Gasteiger partial charge >= 0.3 is 0 Å². The lowest BCUT2D eigenvalue weighted by Crippen LogP contribution is -2.11. The molecule has 2 aromatic rings. The van der Waals surface area contributed by atoms with Crippen LogP contribution in [0.15, 0.2) is 29.8 Å². The van der Waals surface area contributed by atoms with Gasteiger partial charge in [-0.2, -0.15) is 5.26 Å². The van der Waals surface area contributed by atoms with Gasteiger partial charge in [-0.3, -0.25) is 0 Å².